The van der Waals surface area contributed by atoms with Gasteiger partial charge in [-0.1, -0.05) is 12.1 Å². The highest BCUT2D eigenvalue weighted by molar-refractivity contribution is 7.13. The molecule has 1 heterocycles. The number of rotatable bonds is 3. The molecule has 0 amide bonds. The summed E-state index contributed by atoms with van der Waals surface area (Å²) in [6, 6.07) is 4.80. The van der Waals surface area contributed by atoms with Crippen molar-refractivity contribution in [2.24, 2.45) is 0 Å². The minimum absolute atomic E-state index is 0.241. The molecule has 19 heavy (non-hydrogen) atoms. The summed E-state index contributed by atoms with van der Waals surface area (Å²) in [6.45, 7) is 0. The molecule has 0 aliphatic carbocycles. The number of aliphatic carboxylic acids is 1. The molecule has 2 aromatic rings. The lowest BCUT2D eigenvalue weighted by molar-refractivity contribution is -0.138. The first-order valence-corrected chi connectivity index (χ1v) is 6.08. The van der Waals surface area contributed by atoms with Crippen LogP contribution in [0.25, 0.3) is 10.6 Å². The van der Waals surface area contributed by atoms with E-state index in [4.69, 9.17) is 5.11 Å². The molecule has 2 rings (SSSR count). The van der Waals surface area contributed by atoms with Gasteiger partial charge in [-0.2, -0.15) is 13.2 Å². The highest BCUT2D eigenvalue weighted by atomic mass is 32.1. The number of aromatic nitrogens is 1. The quantitative estimate of drug-likeness (QED) is 0.940. The number of nitrogens with zero attached hydrogens (tertiary/aromatic N) is 1. The van der Waals surface area contributed by atoms with Gasteiger partial charge < -0.3 is 5.11 Å². The Bertz CT molecular complexity index is 607. The van der Waals surface area contributed by atoms with Crippen LogP contribution in [0, 0.1) is 0 Å². The summed E-state index contributed by atoms with van der Waals surface area (Å²) in [7, 11) is 0. The van der Waals surface area contributed by atoms with Crippen molar-refractivity contribution >= 4 is 17.3 Å². The second kappa shape index (κ2) is 5.00. The monoisotopic (exact) mass is 287 g/mol. The Morgan fingerprint density at radius 3 is 2.74 bits per heavy atom. The number of hydrogen-bond acceptors (Lipinski definition) is 3. The fourth-order valence-electron chi connectivity index (χ4n) is 1.50. The highest BCUT2D eigenvalue weighted by Gasteiger charge is 2.30. The Kier molecular flexibility index (Phi) is 3.57. The number of thiazole rings is 1. The Balaban J connectivity index is 2.32. The summed E-state index contributed by atoms with van der Waals surface area (Å²) >= 11 is 1.12. The maximum absolute atomic E-state index is 12.6. The minimum atomic E-state index is -4.41. The molecule has 3 nitrogen and oxygen atoms in total. The van der Waals surface area contributed by atoms with E-state index in [2.05, 4.69) is 4.98 Å². The van der Waals surface area contributed by atoms with E-state index in [1.165, 1.54) is 17.5 Å². The number of benzene rings is 1. The van der Waals surface area contributed by atoms with Crippen molar-refractivity contribution in [3.05, 3.63) is 40.9 Å². The summed E-state index contributed by atoms with van der Waals surface area (Å²) in [6.07, 6.45) is -4.65. The van der Waals surface area contributed by atoms with Gasteiger partial charge in [0.15, 0.2) is 0 Å². The van der Waals surface area contributed by atoms with E-state index in [0.29, 0.717) is 16.3 Å². The maximum Gasteiger partial charge on any atom is 0.416 e. The van der Waals surface area contributed by atoms with Crippen LogP contribution in [0.2, 0.25) is 0 Å². The average molecular weight is 287 g/mol. The second-order valence-electron chi connectivity index (χ2n) is 3.79. The predicted octanol–water partition coefficient (Wildman–Crippen LogP) is 3.46. The summed E-state index contributed by atoms with van der Waals surface area (Å²) in [5.41, 5.74) is -0.0821. The van der Waals surface area contributed by atoms with Gasteiger partial charge in [0.2, 0.25) is 0 Å². The molecule has 0 saturated carbocycles. The van der Waals surface area contributed by atoms with Crippen LogP contribution in [0.1, 0.15) is 11.3 Å². The molecule has 0 spiro atoms. The van der Waals surface area contributed by atoms with Gasteiger partial charge >= 0.3 is 12.1 Å². The molecule has 100 valence electrons. The van der Waals surface area contributed by atoms with Gasteiger partial charge in [0.05, 0.1) is 17.7 Å². The lowest BCUT2D eigenvalue weighted by atomic mass is 10.1. The van der Waals surface area contributed by atoms with Crippen molar-refractivity contribution in [2.45, 2.75) is 12.6 Å². The summed E-state index contributed by atoms with van der Waals surface area (Å²) in [5.74, 6) is -1.03. The van der Waals surface area contributed by atoms with Crippen molar-refractivity contribution in [3.8, 4) is 10.6 Å². The molecule has 1 aromatic heterocycles. The topological polar surface area (TPSA) is 50.2 Å². The summed E-state index contributed by atoms with van der Waals surface area (Å²) in [4.78, 5) is 14.5. The van der Waals surface area contributed by atoms with Crippen LogP contribution in [0.4, 0.5) is 13.2 Å². The molecule has 0 bridgehead atoms. The third-order valence-corrected chi connectivity index (χ3v) is 3.26. The van der Waals surface area contributed by atoms with Crippen LogP contribution in [-0.2, 0) is 17.4 Å². The van der Waals surface area contributed by atoms with Gasteiger partial charge in [0, 0.05) is 10.9 Å². The molecule has 0 aliphatic heterocycles. The first-order chi connectivity index (χ1) is 8.86. The number of carboxylic acids is 1. The van der Waals surface area contributed by atoms with Gasteiger partial charge in [-0.05, 0) is 12.1 Å². The van der Waals surface area contributed by atoms with E-state index >= 15 is 0 Å². The number of alkyl halides is 3. The standard InChI is InChI=1S/C12H8F3NO2S/c13-12(14,15)8-3-1-2-7(4-8)11-16-9(6-19-11)5-10(17)18/h1-4,6H,5H2,(H,17,18). The maximum atomic E-state index is 12.6. The molecule has 0 unspecified atom stereocenters. The van der Waals surface area contributed by atoms with Gasteiger partial charge in [-0.3, -0.25) is 4.79 Å². The van der Waals surface area contributed by atoms with E-state index < -0.39 is 17.7 Å². The Morgan fingerprint density at radius 2 is 2.11 bits per heavy atom. The normalized spacial score (nSPS) is 11.5. The van der Waals surface area contributed by atoms with Gasteiger partial charge in [0.25, 0.3) is 0 Å². The van der Waals surface area contributed by atoms with Crippen LogP contribution in [0.3, 0.4) is 0 Å². The average Bonchev–Trinajstić information content (AvgIpc) is 2.76. The van der Waals surface area contributed by atoms with Crippen LogP contribution in [-0.4, -0.2) is 16.1 Å². The Labute approximate surface area is 110 Å². The third kappa shape index (κ3) is 3.31. The molecule has 0 radical (unpaired) electrons. The molecule has 0 aliphatic rings. The van der Waals surface area contributed by atoms with Crippen molar-refractivity contribution in [1.82, 2.24) is 4.98 Å². The number of carbonyl (C=O) groups is 1. The SMILES string of the molecule is O=C(O)Cc1csc(-c2cccc(C(F)(F)F)c2)n1. The van der Waals surface area contributed by atoms with Gasteiger partial charge in [-0.15, -0.1) is 11.3 Å². The van der Waals surface area contributed by atoms with Crippen molar-refractivity contribution in [3.63, 3.8) is 0 Å². The lowest BCUT2D eigenvalue weighted by Crippen LogP contribution is -2.04. The van der Waals surface area contributed by atoms with Crippen molar-refractivity contribution in [1.29, 1.82) is 0 Å². The second-order valence-corrected chi connectivity index (χ2v) is 4.65. The molecule has 1 aromatic carbocycles. The van der Waals surface area contributed by atoms with Gasteiger partial charge in [0.1, 0.15) is 5.01 Å². The largest absolute Gasteiger partial charge is 0.481 e. The fourth-order valence-corrected chi connectivity index (χ4v) is 2.32. The zero-order chi connectivity index (χ0) is 14.0. The molecule has 0 saturated heterocycles. The van der Waals surface area contributed by atoms with Crippen LogP contribution >= 0.6 is 11.3 Å². The summed E-state index contributed by atoms with van der Waals surface area (Å²) in [5, 5.41) is 10.5. The van der Waals surface area contributed by atoms with E-state index in [-0.39, 0.29) is 6.42 Å². The van der Waals surface area contributed by atoms with E-state index in [1.54, 1.807) is 0 Å². The zero-order valence-corrected chi connectivity index (χ0v) is 10.3. The molecule has 0 fully saturated rings. The molecular weight excluding hydrogens is 279 g/mol. The van der Waals surface area contributed by atoms with E-state index in [0.717, 1.165) is 23.5 Å². The molecular formula is C12H8F3NO2S. The van der Waals surface area contributed by atoms with Crippen LogP contribution in [0.15, 0.2) is 29.6 Å². The number of carboxylic acid groups (broad SMARTS) is 1. The Hall–Kier alpha value is -1.89. The molecule has 7 heteroatoms. The first kappa shape index (κ1) is 13.5. The van der Waals surface area contributed by atoms with E-state index in [9.17, 15) is 18.0 Å². The van der Waals surface area contributed by atoms with Crippen molar-refractivity contribution < 1.29 is 23.1 Å². The molecule has 0 atom stereocenters. The fraction of sp³-hybridized carbons (Fsp3) is 0.167. The number of halogens is 3. The Morgan fingerprint density at radius 1 is 1.37 bits per heavy atom. The lowest BCUT2D eigenvalue weighted by Gasteiger charge is -2.07. The van der Waals surface area contributed by atoms with Gasteiger partial charge in [-0.25, -0.2) is 4.98 Å². The van der Waals surface area contributed by atoms with E-state index in [1.807, 2.05) is 0 Å². The zero-order valence-electron chi connectivity index (χ0n) is 9.44. The van der Waals surface area contributed by atoms with Crippen LogP contribution in [0.5, 0.6) is 0 Å². The predicted molar refractivity (Wildman–Crippen MR) is 63.9 cm³/mol. The minimum Gasteiger partial charge on any atom is -0.481 e. The smallest absolute Gasteiger partial charge is 0.416 e. The molecule has 1 N–H and O–H groups in total. The number of hydrogen-bond donors (Lipinski definition) is 1. The van der Waals surface area contributed by atoms with Crippen LogP contribution < -0.4 is 0 Å². The first-order valence-electron chi connectivity index (χ1n) is 5.20. The third-order valence-electron chi connectivity index (χ3n) is 2.32. The highest BCUT2D eigenvalue weighted by Crippen LogP contribution is 2.33. The summed E-state index contributed by atoms with van der Waals surface area (Å²) < 4.78 is 37.7. The van der Waals surface area contributed by atoms with Crippen molar-refractivity contribution in [2.75, 3.05) is 0 Å².